The Balaban J connectivity index is 1.36. The number of ether oxygens (including phenoxy) is 3. The van der Waals surface area contributed by atoms with Crippen LogP contribution >= 0.6 is 0 Å². The maximum atomic E-state index is 14.6. The van der Waals surface area contributed by atoms with E-state index in [1.165, 1.54) is 24.3 Å². The Labute approximate surface area is 243 Å². The predicted octanol–water partition coefficient (Wildman–Crippen LogP) is 2.26. The van der Waals surface area contributed by atoms with Crippen LogP contribution in [0.1, 0.15) is 18.4 Å². The van der Waals surface area contributed by atoms with Gasteiger partial charge in [0.15, 0.2) is 11.5 Å². The molecule has 1 unspecified atom stereocenters. The Morgan fingerprint density at radius 3 is 2.48 bits per heavy atom. The van der Waals surface area contributed by atoms with Gasteiger partial charge >= 0.3 is 0 Å². The second-order valence-corrected chi connectivity index (χ2v) is 13.1. The molecule has 2 heterocycles. The Morgan fingerprint density at radius 1 is 0.929 bits per heavy atom. The highest BCUT2D eigenvalue weighted by Gasteiger charge is 2.46. The molecule has 0 bridgehead atoms. The van der Waals surface area contributed by atoms with Gasteiger partial charge in [0, 0.05) is 37.2 Å². The quantitative estimate of drug-likeness (QED) is 0.357. The first-order valence-electron chi connectivity index (χ1n) is 13.8. The number of benzene rings is 3. The molecule has 1 fully saturated rings. The molecule has 6 rings (SSSR count). The third kappa shape index (κ3) is 5.96. The Hall–Kier alpha value is -3.26. The molecular formula is C30H33FN2O8S. The zero-order chi connectivity index (χ0) is 29.5. The highest BCUT2D eigenvalue weighted by Crippen LogP contribution is 2.42. The van der Waals surface area contributed by atoms with Gasteiger partial charge in [-0.25, -0.2) is 17.5 Å². The fraction of sp³-hybridized carbons (Fsp3) is 0.400. The summed E-state index contributed by atoms with van der Waals surface area (Å²) in [5.74, 6) is 0.799. The molecule has 1 spiro atoms. The maximum absolute atomic E-state index is 14.6. The number of sulfonamides is 1. The van der Waals surface area contributed by atoms with Gasteiger partial charge in [-0.3, -0.25) is 4.90 Å². The van der Waals surface area contributed by atoms with Crippen LogP contribution in [0.25, 0.3) is 11.1 Å². The van der Waals surface area contributed by atoms with Crippen molar-refractivity contribution in [3.63, 3.8) is 0 Å². The van der Waals surface area contributed by atoms with Gasteiger partial charge in [0.1, 0.15) is 16.5 Å². The summed E-state index contributed by atoms with van der Waals surface area (Å²) in [6.45, 7) is 0.677. The molecule has 10 nitrogen and oxygen atoms in total. The standard InChI is InChI=1S/C30H33FN2O8S/c31-23-4-2-1-3-22(23)20-6-8-29-28(10-20)39-17-30(11-24(35)25(36)12-30)16-33(15-21(34)13-32-42(29,37)38)14-19-5-7-26-27(9-19)41-18-40-26/h1-10,21,24-25,32,34-36H,11-18H2/t21-,24-,25+,30?/m0/s1. The molecule has 1 aliphatic carbocycles. The normalized spacial score (nSPS) is 27.6. The van der Waals surface area contributed by atoms with E-state index >= 15 is 0 Å². The molecule has 224 valence electrons. The van der Waals surface area contributed by atoms with E-state index in [1.807, 2.05) is 23.1 Å². The first-order chi connectivity index (χ1) is 20.1. The highest BCUT2D eigenvalue weighted by molar-refractivity contribution is 7.89. The van der Waals surface area contributed by atoms with E-state index in [4.69, 9.17) is 14.2 Å². The minimum atomic E-state index is -4.13. The molecule has 12 heteroatoms. The average molecular weight is 601 g/mol. The first kappa shape index (κ1) is 28.8. The van der Waals surface area contributed by atoms with E-state index in [2.05, 4.69) is 4.72 Å². The van der Waals surface area contributed by atoms with E-state index in [9.17, 15) is 28.1 Å². The Morgan fingerprint density at radius 2 is 1.69 bits per heavy atom. The van der Waals surface area contributed by atoms with Crippen molar-refractivity contribution in [2.45, 2.75) is 42.6 Å². The van der Waals surface area contributed by atoms with Crippen LogP contribution in [0.3, 0.4) is 0 Å². The fourth-order valence-electron chi connectivity index (χ4n) is 6.07. The van der Waals surface area contributed by atoms with Crippen molar-refractivity contribution in [2.24, 2.45) is 5.41 Å². The number of hydrogen-bond donors (Lipinski definition) is 4. The van der Waals surface area contributed by atoms with Crippen LogP contribution in [0.15, 0.2) is 65.6 Å². The van der Waals surface area contributed by atoms with Gasteiger partial charge in [0.05, 0.1) is 24.9 Å². The van der Waals surface area contributed by atoms with Gasteiger partial charge in [0.25, 0.3) is 0 Å². The van der Waals surface area contributed by atoms with Crippen molar-refractivity contribution in [2.75, 3.05) is 33.0 Å². The summed E-state index contributed by atoms with van der Waals surface area (Å²) in [6, 6.07) is 16.1. The third-order valence-corrected chi connectivity index (χ3v) is 9.52. The maximum Gasteiger partial charge on any atom is 0.244 e. The van der Waals surface area contributed by atoms with Crippen LogP contribution < -0.4 is 18.9 Å². The van der Waals surface area contributed by atoms with Crippen molar-refractivity contribution in [1.82, 2.24) is 9.62 Å². The van der Waals surface area contributed by atoms with E-state index < -0.39 is 39.6 Å². The minimum absolute atomic E-state index is 0.0101. The lowest BCUT2D eigenvalue weighted by Gasteiger charge is -2.37. The van der Waals surface area contributed by atoms with Crippen LogP contribution in [-0.4, -0.2) is 80.0 Å². The second-order valence-electron chi connectivity index (χ2n) is 11.3. The van der Waals surface area contributed by atoms with Gasteiger partial charge in [-0.1, -0.05) is 30.3 Å². The zero-order valence-electron chi connectivity index (χ0n) is 22.8. The topological polar surface area (TPSA) is 138 Å². The molecule has 0 radical (unpaired) electrons. The van der Waals surface area contributed by atoms with Crippen LogP contribution in [0.5, 0.6) is 17.2 Å². The summed E-state index contributed by atoms with van der Waals surface area (Å²) in [6.07, 6.45) is -2.64. The Kier molecular flexibility index (Phi) is 7.85. The molecule has 0 amide bonds. The summed E-state index contributed by atoms with van der Waals surface area (Å²) < 4.78 is 61.0. The molecule has 0 saturated heterocycles. The zero-order valence-corrected chi connectivity index (χ0v) is 23.6. The monoisotopic (exact) mass is 600 g/mol. The molecule has 3 aromatic carbocycles. The summed E-state index contributed by atoms with van der Waals surface area (Å²) in [5.41, 5.74) is 0.816. The number of halogens is 1. The third-order valence-electron chi connectivity index (χ3n) is 8.06. The van der Waals surface area contributed by atoms with Crippen molar-refractivity contribution < 1.29 is 42.3 Å². The number of hydrogen-bond acceptors (Lipinski definition) is 9. The van der Waals surface area contributed by atoms with E-state index in [0.29, 0.717) is 30.2 Å². The number of nitrogens with zero attached hydrogens (tertiary/aromatic N) is 1. The molecule has 42 heavy (non-hydrogen) atoms. The highest BCUT2D eigenvalue weighted by atomic mass is 32.2. The van der Waals surface area contributed by atoms with E-state index in [0.717, 1.165) is 5.56 Å². The van der Waals surface area contributed by atoms with Gasteiger partial charge in [-0.05, 0) is 54.3 Å². The van der Waals surface area contributed by atoms with Crippen LogP contribution in [-0.2, 0) is 16.6 Å². The summed E-state index contributed by atoms with van der Waals surface area (Å²) in [7, 11) is -4.13. The molecule has 1 saturated carbocycles. The van der Waals surface area contributed by atoms with Crippen LogP contribution in [0, 0.1) is 11.2 Å². The fourth-order valence-corrected chi connectivity index (χ4v) is 7.27. The van der Waals surface area contributed by atoms with Crippen molar-refractivity contribution >= 4 is 10.0 Å². The summed E-state index contributed by atoms with van der Waals surface area (Å²) >= 11 is 0. The smallest absolute Gasteiger partial charge is 0.244 e. The summed E-state index contributed by atoms with van der Waals surface area (Å²) in [5, 5.41) is 32.1. The van der Waals surface area contributed by atoms with Crippen molar-refractivity contribution in [1.29, 1.82) is 0 Å². The molecule has 3 aliphatic rings. The number of nitrogens with one attached hydrogen (secondary N) is 1. The molecule has 3 aromatic rings. The van der Waals surface area contributed by atoms with E-state index in [-0.39, 0.29) is 55.5 Å². The molecule has 4 N–H and O–H groups in total. The molecule has 0 aromatic heterocycles. The first-order valence-corrected chi connectivity index (χ1v) is 15.3. The SMILES string of the molecule is O=S1(=O)NC[C@H](O)CN(Cc2ccc3c(c2)OCO3)CC2(COc3cc(-c4ccccc4F)ccc31)C[C@@H](O)[C@@H](O)C2. The second kappa shape index (κ2) is 11.4. The number of fused-ring (bicyclic) bond motifs is 2. The number of aliphatic hydroxyl groups excluding tert-OH is 3. The Bertz CT molecular complexity index is 1560. The molecular weight excluding hydrogens is 567 g/mol. The molecule has 4 atom stereocenters. The number of β-amino-alcohol motifs (C(OH)–C–C–N with tert-alkyl or cyclic N) is 1. The minimum Gasteiger partial charge on any atom is -0.492 e. The van der Waals surface area contributed by atoms with Gasteiger partial charge in [0.2, 0.25) is 16.8 Å². The summed E-state index contributed by atoms with van der Waals surface area (Å²) in [4.78, 5) is 1.81. The number of rotatable bonds is 3. The molecule has 2 aliphatic heterocycles. The van der Waals surface area contributed by atoms with Crippen molar-refractivity contribution in [3.05, 3.63) is 72.0 Å². The van der Waals surface area contributed by atoms with Crippen molar-refractivity contribution in [3.8, 4) is 28.4 Å². The van der Waals surface area contributed by atoms with Crippen LogP contribution in [0.4, 0.5) is 4.39 Å². The lowest BCUT2D eigenvalue weighted by Crippen LogP contribution is -2.46. The lowest BCUT2D eigenvalue weighted by molar-refractivity contribution is 0.0427. The van der Waals surface area contributed by atoms with Crippen LogP contribution in [0.2, 0.25) is 0 Å². The predicted molar refractivity (Wildman–Crippen MR) is 150 cm³/mol. The van der Waals surface area contributed by atoms with Gasteiger partial charge in [-0.15, -0.1) is 0 Å². The largest absolute Gasteiger partial charge is 0.492 e. The van der Waals surface area contributed by atoms with Gasteiger partial charge < -0.3 is 29.5 Å². The number of aliphatic hydroxyl groups is 3. The van der Waals surface area contributed by atoms with Gasteiger partial charge in [-0.2, -0.15) is 0 Å². The lowest BCUT2D eigenvalue weighted by atomic mass is 9.85. The van der Waals surface area contributed by atoms with E-state index in [1.54, 1.807) is 18.2 Å². The average Bonchev–Trinajstić information content (AvgIpc) is 3.53.